The molecule has 21 heavy (non-hydrogen) atoms. The molecule has 3 N–H and O–H groups in total. The van der Waals surface area contributed by atoms with Gasteiger partial charge in [0.25, 0.3) is 0 Å². The first-order chi connectivity index (χ1) is 9.93. The van der Waals surface area contributed by atoms with Crippen LogP contribution in [0.2, 0.25) is 0 Å². The zero-order valence-electron chi connectivity index (χ0n) is 14.1. The van der Waals surface area contributed by atoms with Crippen LogP contribution >= 0.6 is 0 Å². The van der Waals surface area contributed by atoms with E-state index in [4.69, 9.17) is 0 Å². The fourth-order valence-corrected chi connectivity index (χ4v) is 2.36. The number of carbonyl (C=O) groups is 1. The summed E-state index contributed by atoms with van der Waals surface area (Å²) in [6, 6.07) is 0.542. The minimum absolute atomic E-state index is 0.0722. The minimum atomic E-state index is -0.339. The van der Waals surface area contributed by atoms with Crippen LogP contribution in [0.5, 0.6) is 0 Å². The van der Waals surface area contributed by atoms with E-state index in [1.165, 1.54) is 32.1 Å². The molecule has 0 unspecified atom stereocenters. The monoisotopic (exact) mass is 296 g/mol. The lowest BCUT2D eigenvalue weighted by atomic mass is 9.96. The van der Waals surface area contributed by atoms with Crippen molar-refractivity contribution in [3.8, 4) is 0 Å². The Morgan fingerprint density at radius 3 is 2.38 bits per heavy atom. The first-order valence-corrected chi connectivity index (χ1v) is 8.26. The maximum Gasteiger partial charge on any atom is 0.225 e. The van der Waals surface area contributed by atoms with Gasteiger partial charge in [0.15, 0.2) is 5.96 Å². The van der Waals surface area contributed by atoms with E-state index in [9.17, 15) is 4.79 Å². The van der Waals surface area contributed by atoms with Crippen molar-refractivity contribution < 1.29 is 4.79 Å². The Morgan fingerprint density at radius 2 is 1.81 bits per heavy atom. The highest BCUT2D eigenvalue weighted by molar-refractivity contribution is 5.81. The number of carbonyl (C=O) groups excluding carboxylic acids is 1. The summed E-state index contributed by atoms with van der Waals surface area (Å²) in [5.74, 6) is 0.942. The van der Waals surface area contributed by atoms with Crippen molar-refractivity contribution in [1.82, 2.24) is 16.0 Å². The molecule has 1 rings (SSSR count). The summed E-state index contributed by atoms with van der Waals surface area (Å²) in [6.45, 7) is 9.86. The van der Waals surface area contributed by atoms with Gasteiger partial charge in [0.1, 0.15) is 0 Å². The first-order valence-electron chi connectivity index (χ1n) is 8.26. The molecular formula is C16H32N4O. The van der Waals surface area contributed by atoms with Crippen molar-refractivity contribution in [2.75, 3.05) is 19.6 Å². The molecule has 1 fully saturated rings. The standard InChI is InChI=1S/C16H32N4O/c1-5-17-15(20-13-9-7-6-8-10-13)19-12-11-18-14(21)16(2,3)4/h13H,5-12H2,1-4H3,(H,18,21)(H2,17,19,20). The van der Waals surface area contributed by atoms with Gasteiger partial charge < -0.3 is 16.0 Å². The van der Waals surface area contributed by atoms with Crippen molar-refractivity contribution in [1.29, 1.82) is 0 Å². The SMILES string of the molecule is CCNC(=NCCNC(=O)C(C)(C)C)NC1CCCCC1. The Morgan fingerprint density at radius 1 is 1.14 bits per heavy atom. The summed E-state index contributed by atoms with van der Waals surface area (Å²) >= 11 is 0. The number of rotatable bonds is 5. The third-order valence-corrected chi connectivity index (χ3v) is 3.64. The zero-order chi connectivity index (χ0) is 15.7. The molecule has 1 saturated carbocycles. The summed E-state index contributed by atoms with van der Waals surface area (Å²) in [5.41, 5.74) is -0.339. The smallest absolute Gasteiger partial charge is 0.225 e. The molecule has 0 heterocycles. The predicted octanol–water partition coefficient (Wildman–Crippen LogP) is 2.04. The maximum atomic E-state index is 11.8. The second-order valence-electron chi connectivity index (χ2n) is 6.75. The number of guanidine groups is 1. The number of nitrogens with zero attached hydrogens (tertiary/aromatic N) is 1. The normalized spacial score (nSPS) is 17.4. The van der Waals surface area contributed by atoms with Crippen LogP contribution < -0.4 is 16.0 Å². The molecule has 122 valence electrons. The van der Waals surface area contributed by atoms with Gasteiger partial charge in [-0.15, -0.1) is 0 Å². The molecular weight excluding hydrogens is 264 g/mol. The number of aliphatic imine (C=N–C) groups is 1. The Hall–Kier alpha value is -1.26. The van der Waals surface area contributed by atoms with Gasteiger partial charge in [-0.05, 0) is 19.8 Å². The molecule has 0 bridgehead atoms. The third kappa shape index (κ3) is 7.34. The maximum absolute atomic E-state index is 11.8. The van der Waals surface area contributed by atoms with Crippen LogP contribution in [0.1, 0.15) is 59.8 Å². The van der Waals surface area contributed by atoms with E-state index in [0.29, 0.717) is 19.1 Å². The third-order valence-electron chi connectivity index (χ3n) is 3.64. The van der Waals surface area contributed by atoms with E-state index in [2.05, 4.69) is 27.9 Å². The van der Waals surface area contributed by atoms with Crippen LogP contribution in [0.25, 0.3) is 0 Å². The molecule has 5 nitrogen and oxygen atoms in total. The molecule has 1 aliphatic carbocycles. The first kappa shape index (κ1) is 17.8. The Kier molecular flexibility index (Phi) is 7.54. The summed E-state index contributed by atoms with van der Waals surface area (Å²) in [7, 11) is 0. The highest BCUT2D eigenvalue weighted by Gasteiger charge is 2.20. The average molecular weight is 296 g/mol. The van der Waals surface area contributed by atoms with Crippen molar-refractivity contribution in [2.24, 2.45) is 10.4 Å². The topological polar surface area (TPSA) is 65.5 Å². The van der Waals surface area contributed by atoms with E-state index in [-0.39, 0.29) is 11.3 Å². The molecule has 5 heteroatoms. The summed E-state index contributed by atoms with van der Waals surface area (Å²) in [6.07, 6.45) is 6.42. The van der Waals surface area contributed by atoms with Gasteiger partial charge in [0, 0.05) is 24.5 Å². The van der Waals surface area contributed by atoms with Gasteiger partial charge in [0.05, 0.1) is 6.54 Å². The highest BCUT2D eigenvalue weighted by atomic mass is 16.2. The van der Waals surface area contributed by atoms with Gasteiger partial charge in [-0.25, -0.2) is 0 Å². The van der Waals surface area contributed by atoms with E-state index in [1.54, 1.807) is 0 Å². The highest BCUT2D eigenvalue weighted by Crippen LogP contribution is 2.17. The number of nitrogens with one attached hydrogen (secondary N) is 3. The molecule has 0 spiro atoms. The Bertz CT molecular complexity index is 341. The van der Waals surface area contributed by atoms with Gasteiger partial charge in [-0.3, -0.25) is 9.79 Å². The number of hydrogen-bond donors (Lipinski definition) is 3. The van der Waals surface area contributed by atoms with E-state index >= 15 is 0 Å². The van der Waals surface area contributed by atoms with Crippen molar-refractivity contribution in [3.05, 3.63) is 0 Å². The molecule has 0 aliphatic heterocycles. The Balaban J connectivity index is 2.35. The van der Waals surface area contributed by atoms with Gasteiger partial charge in [-0.1, -0.05) is 40.0 Å². The summed E-state index contributed by atoms with van der Waals surface area (Å²) in [5, 5.41) is 9.70. The molecule has 0 saturated heterocycles. The van der Waals surface area contributed by atoms with Crippen LogP contribution in [0.3, 0.4) is 0 Å². The Labute approximate surface area is 129 Å². The predicted molar refractivity (Wildman–Crippen MR) is 88.5 cm³/mol. The zero-order valence-corrected chi connectivity index (χ0v) is 14.1. The van der Waals surface area contributed by atoms with Crippen molar-refractivity contribution >= 4 is 11.9 Å². The summed E-state index contributed by atoms with van der Waals surface area (Å²) < 4.78 is 0. The second kappa shape index (κ2) is 8.90. The van der Waals surface area contributed by atoms with E-state index in [1.807, 2.05) is 20.8 Å². The van der Waals surface area contributed by atoms with Crippen LogP contribution in [0.4, 0.5) is 0 Å². The molecule has 0 aromatic carbocycles. The molecule has 0 atom stereocenters. The molecule has 0 aromatic heterocycles. The molecule has 0 radical (unpaired) electrons. The van der Waals surface area contributed by atoms with Crippen molar-refractivity contribution in [3.63, 3.8) is 0 Å². The lowest BCUT2D eigenvalue weighted by Crippen LogP contribution is -2.44. The number of amides is 1. The van der Waals surface area contributed by atoms with Gasteiger partial charge in [-0.2, -0.15) is 0 Å². The van der Waals surface area contributed by atoms with Gasteiger partial charge in [0.2, 0.25) is 5.91 Å². The molecule has 1 aliphatic rings. The fourth-order valence-electron chi connectivity index (χ4n) is 2.36. The largest absolute Gasteiger partial charge is 0.357 e. The van der Waals surface area contributed by atoms with Crippen molar-refractivity contribution in [2.45, 2.75) is 65.8 Å². The molecule has 1 amide bonds. The number of hydrogen-bond acceptors (Lipinski definition) is 2. The van der Waals surface area contributed by atoms with Gasteiger partial charge >= 0.3 is 0 Å². The summed E-state index contributed by atoms with van der Waals surface area (Å²) in [4.78, 5) is 16.3. The van der Waals surface area contributed by atoms with Crippen LogP contribution in [0, 0.1) is 5.41 Å². The quantitative estimate of drug-likeness (QED) is 0.413. The average Bonchev–Trinajstić information content (AvgIpc) is 2.43. The van der Waals surface area contributed by atoms with Crippen LogP contribution in [0.15, 0.2) is 4.99 Å². The fraction of sp³-hybridized carbons (Fsp3) is 0.875. The second-order valence-corrected chi connectivity index (χ2v) is 6.75. The minimum Gasteiger partial charge on any atom is -0.357 e. The van der Waals surface area contributed by atoms with Crippen LogP contribution in [-0.4, -0.2) is 37.5 Å². The van der Waals surface area contributed by atoms with E-state index < -0.39 is 0 Å². The lowest BCUT2D eigenvalue weighted by molar-refractivity contribution is -0.128. The lowest BCUT2D eigenvalue weighted by Gasteiger charge is -2.25. The van der Waals surface area contributed by atoms with E-state index in [0.717, 1.165) is 12.5 Å². The molecule has 0 aromatic rings. The van der Waals surface area contributed by atoms with Crippen LogP contribution in [-0.2, 0) is 4.79 Å².